The van der Waals surface area contributed by atoms with Crippen molar-refractivity contribution in [1.82, 2.24) is 20.5 Å². The Hall–Kier alpha value is -1.43. The fourth-order valence-corrected chi connectivity index (χ4v) is 0.927. The second-order valence-corrected chi connectivity index (χ2v) is 3.10. The second-order valence-electron chi connectivity index (χ2n) is 3.10. The lowest BCUT2D eigenvalue weighted by molar-refractivity contribution is -0.121. The molecule has 14 heavy (non-hydrogen) atoms. The van der Waals surface area contributed by atoms with Gasteiger partial charge in [0, 0.05) is 6.42 Å². The monoisotopic (exact) mass is 198 g/mol. The Labute approximate surface area is 81.7 Å². The molecule has 78 valence electrons. The summed E-state index contributed by atoms with van der Waals surface area (Å²) in [6.45, 7) is 2.00. The molecule has 0 radical (unpaired) electrons. The molecule has 6 heteroatoms. The number of aromatic amines is 1. The van der Waals surface area contributed by atoms with Crippen LogP contribution in [-0.4, -0.2) is 32.3 Å². The molecule has 0 aromatic carbocycles. The van der Waals surface area contributed by atoms with E-state index in [1.165, 1.54) is 6.33 Å². The fraction of sp³-hybridized carbons (Fsp3) is 0.625. The third-order valence-corrected chi connectivity index (χ3v) is 1.71. The molecule has 0 aliphatic rings. The SMILES string of the molecule is CC(O)CCC(=O)NCc1ncn[nH]1. The van der Waals surface area contributed by atoms with Crippen molar-refractivity contribution in [2.45, 2.75) is 32.4 Å². The van der Waals surface area contributed by atoms with E-state index in [0.717, 1.165) is 0 Å². The van der Waals surface area contributed by atoms with Gasteiger partial charge in [-0.3, -0.25) is 9.89 Å². The highest BCUT2D eigenvalue weighted by Gasteiger charge is 2.04. The molecule has 1 aromatic rings. The number of aromatic nitrogens is 3. The predicted octanol–water partition coefficient (Wildman–Crippen LogP) is -0.418. The van der Waals surface area contributed by atoms with E-state index in [1.54, 1.807) is 6.92 Å². The molecule has 0 aliphatic carbocycles. The normalized spacial score (nSPS) is 12.4. The summed E-state index contributed by atoms with van der Waals surface area (Å²) in [5.41, 5.74) is 0. The van der Waals surface area contributed by atoms with Gasteiger partial charge in [0.05, 0.1) is 12.6 Å². The predicted molar refractivity (Wildman–Crippen MR) is 49.1 cm³/mol. The third kappa shape index (κ3) is 3.99. The molecule has 3 N–H and O–H groups in total. The van der Waals surface area contributed by atoms with Gasteiger partial charge >= 0.3 is 0 Å². The van der Waals surface area contributed by atoms with E-state index in [-0.39, 0.29) is 5.91 Å². The van der Waals surface area contributed by atoms with E-state index in [4.69, 9.17) is 5.11 Å². The van der Waals surface area contributed by atoms with Crippen molar-refractivity contribution in [3.05, 3.63) is 12.2 Å². The number of aliphatic hydroxyl groups excluding tert-OH is 1. The van der Waals surface area contributed by atoms with E-state index in [1.807, 2.05) is 0 Å². The molecule has 1 unspecified atom stereocenters. The minimum absolute atomic E-state index is 0.0951. The Bertz CT molecular complexity index is 271. The van der Waals surface area contributed by atoms with Gasteiger partial charge in [0.2, 0.25) is 5.91 Å². The van der Waals surface area contributed by atoms with Crippen LogP contribution in [0, 0.1) is 0 Å². The standard InChI is InChI=1S/C8H14N4O2/c1-6(13)2-3-8(14)9-4-7-10-5-11-12-7/h5-6,13H,2-4H2,1H3,(H,9,14)(H,10,11,12). The lowest BCUT2D eigenvalue weighted by atomic mass is 10.2. The molecule has 0 aliphatic heterocycles. The number of aliphatic hydroxyl groups is 1. The van der Waals surface area contributed by atoms with Gasteiger partial charge in [0.1, 0.15) is 12.2 Å². The number of rotatable bonds is 5. The Morgan fingerprint density at radius 2 is 2.57 bits per heavy atom. The van der Waals surface area contributed by atoms with Crippen LogP contribution < -0.4 is 5.32 Å². The highest BCUT2D eigenvalue weighted by molar-refractivity contribution is 5.75. The van der Waals surface area contributed by atoms with Gasteiger partial charge in [-0.15, -0.1) is 0 Å². The molecule has 0 fully saturated rings. The Kier molecular flexibility index (Phi) is 4.06. The van der Waals surface area contributed by atoms with Crippen molar-refractivity contribution < 1.29 is 9.90 Å². The minimum Gasteiger partial charge on any atom is -0.393 e. The average Bonchev–Trinajstić information content (AvgIpc) is 2.63. The summed E-state index contributed by atoms with van der Waals surface area (Å²) in [6, 6.07) is 0. The molecule has 1 heterocycles. The van der Waals surface area contributed by atoms with Crippen molar-refractivity contribution in [1.29, 1.82) is 0 Å². The maximum absolute atomic E-state index is 11.2. The van der Waals surface area contributed by atoms with Crippen LogP contribution in [0.5, 0.6) is 0 Å². The maximum atomic E-state index is 11.2. The zero-order valence-corrected chi connectivity index (χ0v) is 8.03. The van der Waals surface area contributed by atoms with Crippen molar-refractivity contribution in [2.24, 2.45) is 0 Å². The first kappa shape index (κ1) is 10.6. The summed E-state index contributed by atoms with van der Waals surface area (Å²) < 4.78 is 0. The first-order valence-corrected chi connectivity index (χ1v) is 4.47. The van der Waals surface area contributed by atoms with Crippen LogP contribution in [-0.2, 0) is 11.3 Å². The van der Waals surface area contributed by atoms with E-state index >= 15 is 0 Å². The molecule has 1 aromatic heterocycles. The zero-order valence-electron chi connectivity index (χ0n) is 8.03. The number of hydrogen-bond acceptors (Lipinski definition) is 4. The van der Waals surface area contributed by atoms with Crippen LogP contribution >= 0.6 is 0 Å². The van der Waals surface area contributed by atoms with Gasteiger partial charge in [-0.1, -0.05) is 0 Å². The maximum Gasteiger partial charge on any atom is 0.220 e. The quantitative estimate of drug-likeness (QED) is 0.599. The topological polar surface area (TPSA) is 90.9 Å². The summed E-state index contributed by atoms with van der Waals surface area (Å²) >= 11 is 0. The van der Waals surface area contributed by atoms with Crippen LogP contribution in [0.3, 0.4) is 0 Å². The molecule has 0 saturated carbocycles. The number of carbonyl (C=O) groups excluding carboxylic acids is 1. The van der Waals surface area contributed by atoms with Gasteiger partial charge in [0.15, 0.2) is 0 Å². The van der Waals surface area contributed by atoms with Gasteiger partial charge in [-0.2, -0.15) is 5.10 Å². The summed E-state index contributed by atoms with van der Waals surface area (Å²) in [4.78, 5) is 15.0. The van der Waals surface area contributed by atoms with Crippen molar-refractivity contribution in [3.8, 4) is 0 Å². The molecule has 0 bridgehead atoms. The van der Waals surface area contributed by atoms with Crippen molar-refractivity contribution >= 4 is 5.91 Å². The van der Waals surface area contributed by atoms with Gasteiger partial charge in [-0.05, 0) is 13.3 Å². The summed E-state index contributed by atoms with van der Waals surface area (Å²) in [5.74, 6) is 0.526. The number of carbonyl (C=O) groups is 1. The molecule has 0 saturated heterocycles. The van der Waals surface area contributed by atoms with E-state index in [0.29, 0.717) is 25.2 Å². The van der Waals surface area contributed by atoms with E-state index < -0.39 is 6.10 Å². The van der Waals surface area contributed by atoms with Crippen molar-refractivity contribution in [3.63, 3.8) is 0 Å². The third-order valence-electron chi connectivity index (χ3n) is 1.71. The molecule has 1 rings (SSSR count). The van der Waals surface area contributed by atoms with Crippen LogP contribution in [0.25, 0.3) is 0 Å². The number of nitrogens with one attached hydrogen (secondary N) is 2. The van der Waals surface area contributed by atoms with Gasteiger partial charge in [-0.25, -0.2) is 4.98 Å². The number of nitrogens with zero attached hydrogens (tertiary/aromatic N) is 2. The average molecular weight is 198 g/mol. The Morgan fingerprint density at radius 3 is 3.14 bits per heavy atom. The van der Waals surface area contributed by atoms with Crippen LogP contribution in [0.15, 0.2) is 6.33 Å². The van der Waals surface area contributed by atoms with E-state index in [9.17, 15) is 4.79 Å². The first-order chi connectivity index (χ1) is 6.68. The molecular formula is C8H14N4O2. The lowest BCUT2D eigenvalue weighted by Crippen LogP contribution is -2.24. The lowest BCUT2D eigenvalue weighted by Gasteiger charge is -2.04. The van der Waals surface area contributed by atoms with E-state index in [2.05, 4.69) is 20.5 Å². The molecule has 1 atom stereocenters. The smallest absolute Gasteiger partial charge is 0.220 e. The largest absolute Gasteiger partial charge is 0.393 e. The Balaban J connectivity index is 2.15. The summed E-state index contributed by atoms with van der Waals surface area (Å²) in [5, 5.41) is 17.9. The second kappa shape index (κ2) is 5.33. The molecule has 6 nitrogen and oxygen atoms in total. The first-order valence-electron chi connectivity index (χ1n) is 4.47. The minimum atomic E-state index is -0.439. The summed E-state index contributed by atoms with van der Waals surface area (Å²) in [6.07, 6.45) is 1.75. The number of amides is 1. The molecule has 0 spiro atoms. The van der Waals surface area contributed by atoms with Crippen molar-refractivity contribution in [2.75, 3.05) is 0 Å². The van der Waals surface area contributed by atoms with Gasteiger partial charge < -0.3 is 10.4 Å². The number of hydrogen-bond donors (Lipinski definition) is 3. The molecular weight excluding hydrogens is 184 g/mol. The van der Waals surface area contributed by atoms with Crippen LogP contribution in [0.4, 0.5) is 0 Å². The Morgan fingerprint density at radius 1 is 1.79 bits per heavy atom. The van der Waals surface area contributed by atoms with Crippen LogP contribution in [0.2, 0.25) is 0 Å². The fourth-order valence-electron chi connectivity index (χ4n) is 0.927. The van der Waals surface area contributed by atoms with Gasteiger partial charge in [0.25, 0.3) is 0 Å². The summed E-state index contributed by atoms with van der Waals surface area (Å²) in [7, 11) is 0. The van der Waals surface area contributed by atoms with Crippen LogP contribution in [0.1, 0.15) is 25.6 Å². The zero-order chi connectivity index (χ0) is 10.4. The number of H-pyrrole nitrogens is 1. The highest BCUT2D eigenvalue weighted by Crippen LogP contribution is 1.95. The highest BCUT2D eigenvalue weighted by atomic mass is 16.3. The molecule has 1 amide bonds.